The maximum Gasteiger partial charge on any atom is 0.413 e. The van der Waals surface area contributed by atoms with Crippen molar-refractivity contribution in [2.45, 2.75) is 33.3 Å². The summed E-state index contributed by atoms with van der Waals surface area (Å²) in [6, 6.07) is 19.4. The minimum absolute atomic E-state index is 0.273. The van der Waals surface area contributed by atoms with Gasteiger partial charge in [0, 0.05) is 62.3 Å². The Kier molecular flexibility index (Phi) is 11.7. The van der Waals surface area contributed by atoms with Crippen LogP contribution in [0, 0.1) is 13.8 Å². The molecule has 254 valence electrons. The molecular formula is C37H46N6O5. The summed E-state index contributed by atoms with van der Waals surface area (Å²) in [6.07, 6.45) is 1.31. The molecule has 4 aromatic rings. The topological polar surface area (TPSA) is 110 Å². The lowest BCUT2D eigenvalue weighted by Crippen LogP contribution is -2.44. The monoisotopic (exact) mass is 654 g/mol. The molecule has 0 spiro atoms. The van der Waals surface area contributed by atoms with Crippen LogP contribution in [0.25, 0.3) is 11.1 Å². The Labute approximate surface area is 283 Å². The minimum atomic E-state index is -0.624. The Balaban J connectivity index is 1.22. The van der Waals surface area contributed by atoms with Gasteiger partial charge in [0.2, 0.25) is 11.7 Å². The number of hydrogen-bond acceptors (Lipinski definition) is 10. The fourth-order valence-corrected chi connectivity index (χ4v) is 5.77. The van der Waals surface area contributed by atoms with E-state index in [4.69, 9.17) is 18.9 Å². The van der Waals surface area contributed by atoms with Crippen LogP contribution in [0.15, 0.2) is 66.9 Å². The van der Waals surface area contributed by atoms with E-state index in [1.54, 1.807) is 32.5 Å². The van der Waals surface area contributed by atoms with E-state index in [2.05, 4.69) is 69.5 Å². The minimum Gasteiger partial charge on any atom is -0.493 e. The predicted octanol–water partition coefficient (Wildman–Crippen LogP) is 6.85. The van der Waals surface area contributed by atoms with Gasteiger partial charge in [0.25, 0.3) is 0 Å². The number of benzene rings is 3. The van der Waals surface area contributed by atoms with Crippen LogP contribution in [0.3, 0.4) is 0 Å². The van der Waals surface area contributed by atoms with E-state index in [0.29, 0.717) is 29.5 Å². The first-order valence-electron chi connectivity index (χ1n) is 16.3. The van der Waals surface area contributed by atoms with Crippen LogP contribution in [0.2, 0.25) is 0 Å². The highest BCUT2D eigenvalue weighted by Gasteiger charge is 2.19. The summed E-state index contributed by atoms with van der Waals surface area (Å²) in [5, 5.41) is 5.93. The van der Waals surface area contributed by atoms with E-state index < -0.39 is 12.2 Å². The fourth-order valence-electron chi connectivity index (χ4n) is 5.77. The largest absolute Gasteiger partial charge is 0.493 e. The van der Waals surface area contributed by atoms with Crippen LogP contribution in [0.5, 0.6) is 17.2 Å². The highest BCUT2D eigenvalue weighted by Crippen LogP contribution is 2.41. The second kappa shape index (κ2) is 16.3. The molecule has 0 radical (unpaired) electrons. The molecule has 0 aliphatic carbocycles. The molecule has 1 aromatic heterocycles. The molecule has 5 rings (SSSR count). The molecule has 1 aliphatic heterocycles. The standard InChI is InChI=1S/C37H46N6O5/c1-25-11-9-14-29(26(25)2)31-13-8-7-12-30(31)27(3)48-37(44)41-34-15-16-38-36(40-34)39-28-23-32(45-5)35(46-6)33(24-28)47-22-10-17-43-20-18-42(4)19-21-43/h7-9,11-16,23-24,27H,10,17-22H2,1-6H3,(H2,38,39,40,41,44)/t27-/m1/s1. The molecule has 3 aromatic carbocycles. The summed E-state index contributed by atoms with van der Waals surface area (Å²) in [4.78, 5) is 26.6. The molecule has 11 heteroatoms. The number of aryl methyl sites for hydroxylation is 1. The van der Waals surface area contributed by atoms with Gasteiger partial charge >= 0.3 is 6.09 Å². The zero-order valence-corrected chi connectivity index (χ0v) is 28.7. The van der Waals surface area contributed by atoms with Crippen molar-refractivity contribution in [2.24, 2.45) is 0 Å². The molecule has 1 fully saturated rings. The summed E-state index contributed by atoms with van der Waals surface area (Å²) < 4.78 is 23.2. The van der Waals surface area contributed by atoms with Crippen molar-refractivity contribution in [1.29, 1.82) is 0 Å². The Morgan fingerprint density at radius 1 is 0.938 bits per heavy atom. The molecule has 1 saturated heterocycles. The highest BCUT2D eigenvalue weighted by atomic mass is 16.6. The molecule has 1 amide bonds. The van der Waals surface area contributed by atoms with Crippen molar-refractivity contribution in [3.63, 3.8) is 0 Å². The normalized spacial score (nSPS) is 14.2. The van der Waals surface area contributed by atoms with E-state index >= 15 is 0 Å². The number of piperazine rings is 1. The molecule has 2 heterocycles. The predicted molar refractivity (Wildman–Crippen MR) is 189 cm³/mol. The van der Waals surface area contributed by atoms with Crippen molar-refractivity contribution in [3.05, 3.63) is 83.6 Å². The van der Waals surface area contributed by atoms with Crippen molar-refractivity contribution in [2.75, 3.05) is 71.2 Å². The van der Waals surface area contributed by atoms with Crippen LogP contribution >= 0.6 is 0 Å². The Morgan fingerprint density at radius 3 is 2.46 bits per heavy atom. The number of anilines is 3. The van der Waals surface area contributed by atoms with Gasteiger partial charge in [0.15, 0.2) is 11.5 Å². The molecular weight excluding hydrogens is 608 g/mol. The van der Waals surface area contributed by atoms with Crippen LogP contribution in [0.4, 0.5) is 22.2 Å². The molecule has 0 unspecified atom stereocenters. The van der Waals surface area contributed by atoms with E-state index in [1.165, 1.54) is 11.1 Å². The van der Waals surface area contributed by atoms with Gasteiger partial charge in [-0.2, -0.15) is 4.98 Å². The number of aromatic nitrogens is 2. The molecule has 48 heavy (non-hydrogen) atoms. The second-order valence-corrected chi connectivity index (χ2v) is 12.0. The van der Waals surface area contributed by atoms with Crippen molar-refractivity contribution < 1.29 is 23.7 Å². The third-order valence-electron chi connectivity index (χ3n) is 8.64. The zero-order valence-electron chi connectivity index (χ0n) is 28.7. The number of likely N-dealkylation sites (N-methyl/N-ethyl adjacent to an activating group) is 1. The van der Waals surface area contributed by atoms with Gasteiger partial charge in [0.1, 0.15) is 11.9 Å². The van der Waals surface area contributed by atoms with Crippen LogP contribution in [-0.2, 0) is 4.74 Å². The average molecular weight is 655 g/mol. The number of nitrogens with one attached hydrogen (secondary N) is 2. The number of carbonyl (C=O) groups excluding carboxylic acids is 1. The zero-order chi connectivity index (χ0) is 34.0. The summed E-state index contributed by atoms with van der Waals surface area (Å²) in [6.45, 7) is 11.9. The van der Waals surface area contributed by atoms with Gasteiger partial charge in [-0.15, -0.1) is 0 Å². The van der Waals surface area contributed by atoms with Gasteiger partial charge in [-0.25, -0.2) is 9.78 Å². The lowest BCUT2D eigenvalue weighted by Gasteiger charge is -2.32. The number of rotatable bonds is 13. The summed E-state index contributed by atoms with van der Waals surface area (Å²) in [5.74, 6) is 2.12. The van der Waals surface area contributed by atoms with Gasteiger partial charge in [-0.3, -0.25) is 5.32 Å². The number of methoxy groups -OCH3 is 2. The molecule has 1 atom stereocenters. The lowest BCUT2D eigenvalue weighted by molar-refractivity contribution is 0.121. The first kappa shape index (κ1) is 34.5. The maximum atomic E-state index is 13.0. The lowest BCUT2D eigenvalue weighted by atomic mass is 9.92. The van der Waals surface area contributed by atoms with Gasteiger partial charge in [-0.05, 0) is 62.6 Å². The summed E-state index contributed by atoms with van der Waals surface area (Å²) in [5.41, 5.74) is 6.09. The fraction of sp³-hybridized carbons (Fsp3) is 0.378. The highest BCUT2D eigenvalue weighted by molar-refractivity contribution is 5.84. The number of amides is 1. The number of nitrogens with zero attached hydrogens (tertiary/aromatic N) is 4. The Hall–Kier alpha value is -4.87. The van der Waals surface area contributed by atoms with E-state index in [0.717, 1.165) is 55.8 Å². The van der Waals surface area contributed by atoms with Gasteiger partial charge < -0.3 is 34.1 Å². The Morgan fingerprint density at radius 2 is 1.69 bits per heavy atom. The maximum absolute atomic E-state index is 13.0. The molecule has 1 aliphatic rings. The summed E-state index contributed by atoms with van der Waals surface area (Å²) >= 11 is 0. The Bertz CT molecular complexity index is 1690. The van der Waals surface area contributed by atoms with Crippen LogP contribution < -0.4 is 24.8 Å². The average Bonchev–Trinajstić information content (AvgIpc) is 3.08. The van der Waals surface area contributed by atoms with E-state index in [9.17, 15) is 4.79 Å². The van der Waals surface area contributed by atoms with Gasteiger partial charge in [0.05, 0.1) is 20.8 Å². The first-order valence-corrected chi connectivity index (χ1v) is 16.3. The summed E-state index contributed by atoms with van der Waals surface area (Å²) in [7, 11) is 5.32. The number of ether oxygens (including phenoxy) is 4. The third-order valence-corrected chi connectivity index (χ3v) is 8.64. The van der Waals surface area contributed by atoms with Crippen molar-refractivity contribution in [3.8, 4) is 28.4 Å². The molecule has 0 saturated carbocycles. The smallest absolute Gasteiger partial charge is 0.413 e. The quantitative estimate of drug-likeness (QED) is 0.149. The first-order chi connectivity index (χ1) is 23.2. The van der Waals surface area contributed by atoms with E-state index in [1.807, 2.05) is 37.3 Å². The van der Waals surface area contributed by atoms with Crippen molar-refractivity contribution >= 4 is 23.5 Å². The second-order valence-electron chi connectivity index (χ2n) is 12.0. The molecule has 0 bridgehead atoms. The molecule has 11 nitrogen and oxygen atoms in total. The van der Waals surface area contributed by atoms with Gasteiger partial charge in [-0.1, -0.05) is 42.5 Å². The SMILES string of the molecule is COc1cc(Nc2nccc(NC(=O)O[C@H](C)c3ccccc3-c3cccc(C)c3C)n2)cc(OCCCN2CCN(C)CC2)c1OC. The number of hydrogen-bond donors (Lipinski definition) is 2. The molecule has 2 N–H and O–H groups in total. The van der Waals surface area contributed by atoms with Crippen LogP contribution in [-0.4, -0.2) is 86.5 Å². The van der Waals surface area contributed by atoms with Crippen LogP contribution in [0.1, 0.15) is 36.1 Å². The van der Waals surface area contributed by atoms with E-state index in [-0.39, 0.29) is 11.8 Å². The van der Waals surface area contributed by atoms with Crippen molar-refractivity contribution in [1.82, 2.24) is 19.8 Å². The number of carbonyl (C=O) groups is 1. The third kappa shape index (κ3) is 8.72.